The van der Waals surface area contributed by atoms with Gasteiger partial charge in [0.25, 0.3) is 0 Å². The number of unbranched alkanes of at least 4 members (excludes halogenated alkanes) is 1. The van der Waals surface area contributed by atoms with Gasteiger partial charge in [-0.1, -0.05) is 12.7 Å². The first kappa shape index (κ1) is 24.2. The van der Waals surface area contributed by atoms with Crippen LogP contribution in [-0.2, 0) is 20.4 Å². The van der Waals surface area contributed by atoms with E-state index in [1.54, 1.807) is 36.0 Å². The molecule has 0 radical (unpaired) electrons. The van der Waals surface area contributed by atoms with Crippen molar-refractivity contribution in [1.29, 1.82) is 0 Å². The Kier molecular flexibility index (Phi) is 9.66. The molecule has 1 heterocycles. The predicted molar refractivity (Wildman–Crippen MR) is 116 cm³/mol. The van der Waals surface area contributed by atoms with Crippen molar-refractivity contribution in [2.45, 2.75) is 26.4 Å². The van der Waals surface area contributed by atoms with Gasteiger partial charge in [-0.15, -0.1) is 11.6 Å². The van der Waals surface area contributed by atoms with Gasteiger partial charge in [-0.25, -0.2) is 14.0 Å². The van der Waals surface area contributed by atoms with E-state index in [9.17, 15) is 9.36 Å². The average molecular weight is 456 g/mol. The lowest BCUT2D eigenvalue weighted by atomic mass is 10.2. The van der Waals surface area contributed by atoms with E-state index < -0.39 is 13.7 Å². The van der Waals surface area contributed by atoms with Crippen LogP contribution < -0.4 is 4.52 Å². The molecule has 0 N–H and O–H groups in total. The van der Waals surface area contributed by atoms with Gasteiger partial charge in [0.2, 0.25) is 0 Å². The molecule has 1 atom stereocenters. The van der Waals surface area contributed by atoms with E-state index in [-0.39, 0.29) is 13.2 Å². The maximum absolute atomic E-state index is 13.5. The van der Waals surface area contributed by atoms with E-state index in [4.69, 9.17) is 29.8 Å². The second-order valence-electron chi connectivity index (χ2n) is 6.53. The molecular formula is C21H27ClNO6P. The number of hydrogen-bond donors (Lipinski definition) is 0. The molecule has 30 heavy (non-hydrogen) atoms. The third-order valence-corrected chi connectivity index (χ3v) is 6.29. The van der Waals surface area contributed by atoms with Gasteiger partial charge in [0.15, 0.2) is 0 Å². The van der Waals surface area contributed by atoms with Crippen LogP contribution in [0.15, 0.2) is 53.5 Å². The Hall–Kier alpha value is -2.05. The summed E-state index contributed by atoms with van der Waals surface area (Å²) in [7, 11) is -2.01. The number of halogens is 1. The van der Waals surface area contributed by atoms with E-state index in [1.807, 2.05) is 6.92 Å². The summed E-state index contributed by atoms with van der Waals surface area (Å²) in [5, 5.41) is 0. The monoisotopic (exact) mass is 455 g/mol. The molecule has 0 aliphatic carbocycles. The zero-order valence-electron chi connectivity index (χ0n) is 17.2. The van der Waals surface area contributed by atoms with Crippen LogP contribution in [0.2, 0.25) is 0 Å². The highest BCUT2D eigenvalue weighted by Crippen LogP contribution is 2.51. The number of rotatable bonds is 13. The van der Waals surface area contributed by atoms with Crippen molar-refractivity contribution in [2.24, 2.45) is 0 Å². The van der Waals surface area contributed by atoms with E-state index in [1.165, 1.54) is 18.2 Å². The number of furan rings is 1. The zero-order valence-corrected chi connectivity index (χ0v) is 18.9. The highest BCUT2D eigenvalue weighted by atomic mass is 35.5. The molecule has 0 bridgehead atoms. The molecule has 1 aromatic heterocycles. The second kappa shape index (κ2) is 12.0. The first-order valence-corrected chi connectivity index (χ1v) is 11.6. The first-order chi connectivity index (χ1) is 14.4. The molecule has 2 aromatic rings. The van der Waals surface area contributed by atoms with Gasteiger partial charge >= 0.3 is 13.7 Å². The van der Waals surface area contributed by atoms with Crippen LogP contribution in [-0.4, -0.2) is 36.7 Å². The van der Waals surface area contributed by atoms with Gasteiger partial charge < -0.3 is 13.7 Å². The number of nitrogens with zero attached hydrogens (tertiary/aromatic N) is 1. The molecule has 0 saturated carbocycles. The van der Waals surface area contributed by atoms with Crippen molar-refractivity contribution in [3.8, 4) is 5.75 Å². The summed E-state index contributed by atoms with van der Waals surface area (Å²) < 4.78 is 37.0. The van der Waals surface area contributed by atoms with Crippen molar-refractivity contribution >= 4 is 25.3 Å². The second-order valence-corrected chi connectivity index (χ2v) is 8.97. The number of esters is 1. The molecular weight excluding hydrogens is 429 g/mol. The standard InChI is InChI=1S/C21H27ClNO6P/c1-4-15-26-21(24)18-8-11-19(12-9-18)29-30(25,23(3)14-6-5-13-22)27-16-20-10-7-17(2)28-20/h4,7-12H,1,5-6,13-16H2,2-3H3. The number of carbonyl (C=O) groups excluding carboxylic acids is 1. The third-order valence-electron chi connectivity index (χ3n) is 4.09. The highest BCUT2D eigenvalue weighted by molar-refractivity contribution is 7.51. The maximum Gasteiger partial charge on any atom is 0.461 e. The summed E-state index contributed by atoms with van der Waals surface area (Å²) in [6, 6.07) is 9.73. The fraction of sp³-hybridized carbons (Fsp3) is 0.381. The summed E-state index contributed by atoms with van der Waals surface area (Å²) in [5.41, 5.74) is 0.349. The summed E-state index contributed by atoms with van der Waals surface area (Å²) in [5.74, 6) is 1.63. The molecule has 0 saturated heterocycles. The van der Waals surface area contributed by atoms with E-state index >= 15 is 0 Å². The molecule has 9 heteroatoms. The average Bonchev–Trinajstić information content (AvgIpc) is 3.16. The zero-order chi connectivity index (χ0) is 22.0. The number of hydrogen-bond acceptors (Lipinski definition) is 6. The molecule has 0 spiro atoms. The SMILES string of the molecule is C=CCOC(=O)c1ccc(OP(=O)(OCc2ccc(C)o2)N(C)CCCCCl)cc1. The summed E-state index contributed by atoms with van der Waals surface area (Å²) in [4.78, 5) is 11.9. The van der Waals surface area contributed by atoms with Crippen LogP contribution in [0.25, 0.3) is 0 Å². The number of ether oxygens (including phenoxy) is 1. The maximum atomic E-state index is 13.5. The predicted octanol–water partition coefficient (Wildman–Crippen LogP) is 5.59. The number of aryl methyl sites for hydroxylation is 1. The van der Waals surface area contributed by atoms with Gasteiger partial charge in [-0.3, -0.25) is 4.52 Å². The molecule has 0 amide bonds. The Morgan fingerprint density at radius 3 is 2.57 bits per heavy atom. The number of carbonyl (C=O) groups is 1. The van der Waals surface area contributed by atoms with Gasteiger partial charge in [-0.2, -0.15) is 0 Å². The minimum absolute atomic E-state index is 0.00305. The Labute approximate surface area is 182 Å². The Morgan fingerprint density at radius 1 is 1.23 bits per heavy atom. The molecule has 7 nitrogen and oxygen atoms in total. The Morgan fingerprint density at radius 2 is 1.97 bits per heavy atom. The van der Waals surface area contributed by atoms with Gasteiger partial charge in [-0.05, 0) is 63.2 Å². The largest absolute Gasteiger partial charge is 0.464 e. The quantitative estimate of drug-likeness (QED) is 0.128. The van der Waals surface area contributed by atoms with Crippen LogP contribution in [0.3, 0.4) is 0 Å². The Balaban J connectivity index is 2.11. The van der Waals surface area contributed by atoms with Crippen molar-refractivity contribution in [3.63, 3.8) is 0 Å². The lowest BCUT2D eigenvalue weighted by Crippen LogP contribution is -2.21. The lowest BCUT2D eigenvalue weighted by molar-refractivity contribution is 0.0549. The van der Waals surface area contributed by atoms with Crippen LogP contribution in [0.5, 0.6) is 5.75 Å². The van der Waals surface area contributed by atoms with Crippen molar-refractivity contribution in [3.05, 3.63) is 66.1 Å². The van der Waals surface area contributed by atoms with E-state index in [0.29, 0.717) is 29.5 Å². The van der Waals surface area contributed by atoms with Gasteiger partial charge in [0.05, 0.1) is 5.56 Å². The lowest BCUT2D eigenvalue weighted by Gasteiger charge is -2.27. The highest BCUT2D eigenvalue weighted by Gasteiger charge is 2.33. The van der Waals surface area contributed by atoms with Crippen molar-refractivity contribution < 1.29 is 27.6 Å². The van der Waals surface area contributed by atoms with Crippen LogP contribution >= 0.6 is 19.3 Å². The summed E-state index contributed by atoms with van der Waals surface area (Å²) >= 11 is 5.74. The minimum Gasteiger partial charge on any atom is -0.464 e. The molecule has 2 rings (SSSR count). The molecule has 1 unspecified atom stereocenters. The third kappa shape index (κ3) is 7.33. The molecule has 0 fully saturated rings. The van der Waals surface area contributed by atoms with Gasteiger partial charge in [0, 0.05) is 12.4 Å². The molecule has 1 aromatic carbocycles. The number of alkyl halides is 1. The fourth-order valence-corrected chi connectivity index (χ4v) is 4.11. The van der Waals surface area contributed by atoms with E-state index in [2.05, 4.69) is 6.58 Å². The fourth-order valence-electron chi connectivity index (χ4n) is 2.46. The smallest absolute Gasteiger partial charge is 0.461 e. The Bertz CT molecular complexity index is 867. The van der Waals surface area contributed by atoms with Gasteiger partial charge in [0.1, 0.15) is 30.5 Å². The molecule has 164 valence electrons. The topological polar surface area (TPSA) is 78.2 Å². The molecule has 0 aliphatic heterocycles. The van der Waals surface area contributed by atoms with Crippen molar-refractivity contribution in [1.82, 2.24) is 4.67 Å². The summed E-state index contributed by atoms with van der Waals surface area (Å²) in [6.07, 6.45) is 3.01. The van der Waals surface area contributed by atoms with Crippen molar-refractivity contribution in [2.75, 3.05) is 26.1 Å². The minimum atomic E-state index is -3.68. The van der Waals surface area contributed by atoms with Crippen LogP contribution in [0, 0.1) is 6.92 Å². The van der Waals surface area contributed by atoms with E-state index in [0.717, 1.165) is 18.6 Å². The number of benzene rings is 1. The summed E-state index contributed by atoms with van der Waals surface area (Å²) in [6.45, 7) is 5.92. The van der Waals surface area contributed by atoms with Crippen LogP contribution in [0.4, 0.5) is 0 Å². The molecule has 0 aliphatic rings. The normalized spacial score (nSPS) is 13.1. The van der Waals surface area contributed by atoms with Crippen LogP contribution in [0.1, 0.15) is 34.7 Å². The first-order valence-electron chi connectivity index (χ1n) is 9.53.